The van der Waals surface area contributed by atoms with Gasteiger partial charge in [-0.15, -0.1) is 0 Å². The van der Waals surface area contributed by atoms with E-state index < -0.39 is 0 Å². The SMILES string of the molecule is C=C(C)COCCNC(=O)CCNC(C)=O. The van der Waals surface area contributed by atoms with E-state index >= 15 is 0 Å². The molecular weight excluding hydrogens is 208 g/mol. The molecule has 0 rings (SSSR count). The van der Waals surface area contributed by atoms with Gasteiger partial charge in [-0.1, -0.05) is 12.2 Å². The molecule has 16 heavy (non-hydrogen) atoms. The molecule has 5 heteroatoms. The Morgan fingerprint density at radius 2 is 1.88 bits per heavy atom. The van der Waals surface area contributed by atoms with Crippen molar-refractivity contribution in [2.45, 2.75) is 20.3 Å². The van der Waals surface area contributed by atoms with Crippen molar-refractivity contribution >= 4 is 11.8 Å². The number of ether oxygens (including phenoxy) is 1. The van der Waals surface area contributed by atoms with Crippen LogP contribution in [0, 0.1) is 0 Å². The van der Waals surface area contributed by atoms with Crippen LogP contribution in [-0.2, 0) is 14.3 Å². The van der Waals surface area contributed by atoms with Gasteiger partial charge in [0.05, 0.1) is 13.2 Å². The maximum Gasteiger partial charge on any atom is 0.221 e. The normalized spacial score (nSPS) is 9.62. The van der Waals surface area contributed by atoms with Crippen LogP contribution in [0.15, 0.2) is 12.2 Å². The molecule has 0 saturated heterocycles. The van der Waals surface area contributed by atoms with E-state index in [2.05, 4.69) is 17.2 Å². The van der Waals surface area contributed by atoms with E-state index in [1.807, 2.05) is 6.92 Å². The van der Waals surface area contributed by atoms with Crippen LogP contribution in [0.3, 0.4) is 0 Å². The lowest BCUT2D eigenvalue weighted by atomic mass is 10.4. The second-order valence-electron chi connectivity index (χ2n) is 3.59. The van der Waals surface area contributed by atoms with Crippen LogP contribution in [0.25, 0.3) is 0 Å². The summed E-state index contributed by atoms with van der Waals surface area (Å²) in [6.45, 7) is 8.83. The first-order chi connectivity index (χ1) is 7.52. The summed E-state index contributed by atoms with van der Waals surface area (Å²) in [7, 11) is 0. The fourth-order valence-electron chi connectivity index (χ4n) is 0.949. The lowest BCUT2D eigenvalue weighted by molar-refractivity contribution is -0.121. The minimum absolute atomic E-state index is 0.0901. The van der Waals surface area contributed by atoms with Gasteiger partial charge in [-0.2, -0.15) is 0 Å². The Bertz CT molecular complexity index is 252. The third kappa shape index (κ3) is 10.7. The van der Waals surface area contributed by atoms with Crippen LogP contribution in [0.1, 0.15) is 20.3 Å². The maximum atomic E-state index is 11.2. The molecule has 0 heterocycles. The van der Waals surface area contributed by atoms with Gasteiger partial charge in [0.2, 0.25) is 11.8 Å². The van der Waals surface area contributed by atoms with Crippen molar-refractivity contribution in [2.24, 2.45) is 0 Å². The van der Waals surface area contributed by atoms with Crippen molar-refractivity contribution in [3.63, 3.8) is 0 Å². The van der Waals surface area contributed by atoms with Gasteiger partial charge in [-0.3, -0.25) is 9.59 Å². The van der Waals surface area contributed by atoms with E-state index in [1.54, 1.807) is 0 Å². The van der Waals surface area contributed by atoms with Gasteiger partial charge < -0.3 is 15.4 Å². The van der Waals surface area contributed by atoms with Crippen LogP contribution in [0.2, 0.25) is 0 Å². The number of hydrogen-bond donors (Lipinski definition) is 2. The fraction of sp³-hybridized carbons (Fsp3) is 0.636. The van der Waals surface area contributed by atoms with Gasteiger partial charge in [-0.05, 0) is 6.92 Å². The van der Waals surface area contributed by atoms with Gasteiger partial charge in [0.25, 0.3) is 0 Å². The molecule has 0 aromatic heterocycles. The summed E-state index contributed by atoms with van der Waals surface area (Å²) in [4.78, 5) is 21.7. The molecule has 5 nitrogen and oxygen atoms in total. The molecule has 2 amide bonds. The predicted molar refractivity (Wildman–Crippen MR) is 61.9 cm³/mol. The monoisotopic (exact) mass is 228 g/mol. The Kier molecular flexibility index (Phi) is 8.15. The Hall–Kier alpha value is -1.36. The molecule has 0 spiro atoms. The third-order valence-electron chi connectivity index (χ3n) is 1.64. The molecule has 92 valence electrons. The number of hydrogen-bond acceptors (Lipinski definition) is 3. The lowest BCUT2D eigenvalue weighted by Gasteiger charge is -2.06. The quantitative estimate of drug-likeness (QED) is 0.461. The highest BCUT2D eigenvalue weighted by Gasteiger charge is 2.00. The molecule has 0 bridgehead atoms. The molecule has 0 aromatic rings. The summed E-state index contributed by atoms with van der Waals surface area (Å²) in [5, 5.41) is 5.24. The van der Waals surface area contributed by atoms with Crippen molar-refractivity contribution in [1.29, 1.82) is 0 Å². The zero-order valence-electron chi connectivity index (χ0n) is 9.97. The van der Waals surface area contributed by atoms with Crippen molar-refractivity contribution in [3.8, 4) is 0 Å². The van der Waals surface area contributed by atoms with Crippen molar-refractivity contribution in [2.75, 3.05) is 26.3 Å². The molecule has 0 aliphatic carbocycles. The molecule has 0 radical (unpaired) electrons. The molecule has 0 unspecified atom stereocenters. The standard InChI is InChI=1S/C11H20N2O3/c1-9(2)8-16-7-6-13-11(15)4-5-12-10(3)14/h1,4-8H2,2-3H3,(H,12,14)(H,13,15). The first-order valence-corrected chi connectivity index (χ1v) is 5.25. The summed E-state index contributed by atoms with van der Waals surface area (Å²) >= 11 is 0. The highest BCUT2D eigenvalue weighted by atomic mass is 16.5. The molecule has 0 aliphatic heterocycles. The minimum atomic E-state index is -0.127. The highest BCUT2D eigenvalue weighted by Crippen LogP contribution is 1.86. The summed E-state index contributed by atoms with van der Waals surface area (Å²) in [5.41, 5.74) is 0.956. The maximum absolute atomic E-state index is 11.2. The zero-order chi connectivity index (χ0) is 12.4. The first-order valence-electron chi connectivity index (χ1n) is 5.25. The molecule has 0 saturated carbocycles. The Balaban J connectivity index is 3.30. The van der Waals surface area contributed by atoms with E-state index in [0.717, 1.165) is 5.57 Å². The fourth-order valence-corrected chi connectivity index (χ4v) is 0.949. The predicted octanol–water partition coefficient (Wildman–Crippen LogP) is 0.222. The smallest absolute Gasteiger partial charge is 0.221 e. The minimum Gasteiger partial charge on any atom is -0.375 e. The van der Waals surface area contributed by atoms with Gasteiger partial charge in [0.1, 0.15) is 0 Å². The summed E-state index contributed by atoms with van der Waals surface area (Å²) in [5.74, 6) is -0.217. The summed E-state index contributed by atoms with van der Waals surface area (Å²) in [6.07, 6.45) is 0.292. The highest BCUT2D eigenvalue weighted by molar-refractivity contribution is 5.77. The number of amides is 2. The van der Waals surface area contributed by atoms with Crippen LogP contribution < -0.4 is 10.6 Å². The molecule has 0 aromatic carbocycles. The first kappa shape index (κ1) is 14.6. The van der Waals surface area contributed by atoms with Gasteiger partial charge >= 0.3 is 0 Å². The third-order valence-corrected chi connectivity index (χ3v) is 1.64. The second kappa shape index (κ2) is 8.91. The largest absolute Gasteiger partial charge is 0.375 e. The van der Waals surface area contributed by atoms with Crippen molar-refractivity contribution in [3.05, 3.63) is 12.2 Å². The topological polar surface area (TPSA) is 67.4 Å². The number of carbonyl (C=O) groups is 2. The van der Waals surface area contributed by atoms with E-state index in [1.165, 1.54) is 6.92 Å². The van der Waals surface area contributed by atoms with E-state index in [-0.39, 0.29) is 11.8 Å². The second-order valence-corrected chi connectivity index (χ2v) is 3.59. The molecule has 2 N–H and O–H groups in total. The summed E-state index contributed by atoms with van der Waals surface area (Å²) in [6, 6.07) is 0. The Morgan fingerprint density at radius 3 is 2.44 bits per heavy atom. The van der Waals surface area contributed by atoms with Crippen LogP contribution in [0.5, 0.6) is 0 Å². The average molecular weight is 228 g/mol. The lowest BCUT2D eigenvalue weighted by Crippen LogP contribution is -2.31. The van der Waals surface area contributed by atoms with Gasteiger partial charge in [-0.25, -0.2) is 0 Å². The van der Waals surface area contributed by atoms with E-state index in [9.17, 15) is 9.59 Å². The van der Waals surface area contributed by atoms with Crippen molar-refractivity contribution in [1.82, 2.24) is 10.6 Å². The Morgan fingerprint density at radius 1 is 1.19 bits per heavy atom. The average Bonchev–Trinajstić information content (AvgIpc) is 2.16. The van der Waals surface area contributed by atoms with Crippen LogP contribution >= 0.6 is 0 Å². The van der Waals surface area contributed by atoms with E-state index in [0.29, 0.717) is 32.7 Å². The molecular formula is C11H20N2O3. The number of carbonyl (C=O) groups excluding carboxylic acids is 2. The summed E-state index contributed by atoms with van der Waals surface area (Å²) < 4.78 is 5.20. The zero-order valence-corrected chi connectivity index (χ0v) is 9.97. The van der Waals surface area contributed by atoms with E-state index in [4.69, 9.17) is 4.74 Å². The van der Waals surface area contributed by atoms with Crippen LogP contribution in [0.4, 0.5) is 0 Å². The molecule has 0 atom stereocenters. The Labute approximate surface area is 96.2 Å². The van der Waals surface area contributed by atoms with Gasteiger partial charge in [0, 0.05) is 26.4 Å². The number of rotatable bonds is 8. The van der Waals surface area contributed by atoms with Crippen molar-refractivity contribution < 1.29 is 14.3 Å². The molecule has 0 aliphatic rings. The molecule has 0 fully saturated rings. The van der Waals surface area contributed by atoms with Crippen LogP contribution in [-0.4, -0.2) is 38.1 Å². The number of nitrogens with one attached hydrogen (secondary N) is 2. The van der Waals surface area contributed by atoms with Gasteiger partial charge in [0.15, 0.2) is 0 Å².